The predicted octanol–water partition coefficient (Wildman–Crippen LogP) is 2.88. The van der Waals surface area contributed by atoms with Crippen molar-refractivity contribution in [2.45, 2.75) is 19.5 Å². The summed E-state index contributed by atoms with van der Waals surface area (Å²) in [6.07, 6.45) is 0. The van der Waals surface area contributed by atoms with Gasteiger partial charge < -0.3 is 5.32 Å². The summed E-state index contributed by atoms with van der Waals surface area (Å²) in [7, 11) is 0. The Morgan fingerprint density at radius 2 is 1.89 bits per heavy atom. The van der Waals surface area contributed by atoms with Gasteiger partial charge in [0.25, 0.3) is 5.69 Å². The van der Waals surface area contributed by atoms with Gasteiger partial charge in [0, 0.05) is 50.5 Å². The third-order valence-corrected chi connectivity index (χ3v) is 4.95. The van der Waals surface area contributed by atoms with E-state index in [0.717, 1.165) is 18.7 Å². The van der Waals surface area contributed by atoms with E-state index in [1.165, 1.54) is 18.2 Å². The van der Waals surface area contributed by atoms with Gasteiger partial charge in [-0.05, 0) is 30.7 Å². The van der Waals surface area contributed by atoms with Gasteiger partial charge in [-0.25, -0.2) is 4.39 Å². The van der Waals surface area contributed by atoms with E-state index in [-0.39, 0.29) is 28.4 Å². The standard InChI is InChI=1S/C20H23FN4O3/c1-15(20(26)22-18-6-3-5-17(21)13-18)24-10-8-23(9-11-24)14-16-4-2-7-19(12-16)25(27)28/h2-7,12-13,15H,8-11,14H2,1H3,(H,22,26). The lowest BCUT2D eigenvalue weighted by Gasteiger charge is -2.37. The number of nitro groups is 1. The second-order valence-electron chi connectivity index (χ2n) is 6.91. The van der Waals surface area contributed by atoms with Gasteiger partial charge in [-0.15, -0.1) is 0 Å². The maximum absolute atomic E-state index is 13.3. The van der Waals surface area contributed by atoms with Gasteiger partial charge in [-0.3, -0.25) is 24.7 Å². The number of hydrogen-bond acceptors (Lipinski definition) is 5. The third-order valence-electron chi connectivity index (χ3n) is 4.95. The zero-order valence-electron chi connectivity index (χ0n) is 15.7. The number of benzene rings is 2. The zero-order chi connectivity index (χ0) is 20.1. The summed E-state index contributed by atoms with van der Waals surface area (Å²) < 4.78 is 13.3. The monoisotopic (exact) mass is 386 g/mol. The summed E-state index contributed by atoms with van der Waals surface area (Å²) in [4.78, 5) is 27.3. The van der Waals surface area contributed by atoms with Crippen LogP contribution in [0, 0.1) is 15.9 Å². The first kappa shape index (κ1) is 19.9. The fourth-order valence-corrected chi connectivity index (χ4v) is 3.31. The molecule has 0 aliphatic carbocycles. The number of rotatable bonds is 6. The molecule has 0 aromatic heterocycles. The van der Waals surface area contributed by atoms with Crippen LogP contribution in [0.25, 0.3) is 0 Å². The van der Waals surface area contributed by atoms with E-state index in [9.17, 15) is 19.3 Å². The molecule has 0 spiro atoms. The Bertz CT molecular complexity index is 853. The lowest BCUT2D eigenvalue weighted by Crippen LogP contribution is -2.52. The van der Waals surface area contributed by atoms with Crippen molar-refractivity contribution in [2.24, 2.45) is 0 Å². The minimum Gasteiger partial charge on any atom is -0.325 e. The molecular formula is C20H23FN4O3. The quantitative estimate of drug-likeness (QED) is 0.610. The van der Waals surface area contributed by atoms with E-state index in [0.29, 0.717) is 25.3 Å². The molecule has 28 heavy (non-hydrogen) atoms. The summed E-state index contributed by atoms with van der Waals surface area (Å²) in [5.41, 5.74) is 1.44. The second kappa shape index (κ2) is 8.90. The van der Waals surface area contributed by atoms with E-state index in [2.05, 4.69) is 15.1 Å². The summed E-state index contributed by atoms with van der Waals surface area (Å²) in [5.74, 6) is -0.557. The number of amides is 1. The van der Waals surface area contributed by atoms with Crippen molar-refractivity contribution in [3.8, 4) is 0 Å². The molecule has 0 saturated carbocycles. The number of nitro benzene ring substituents is 1. The highest BCUT2D eigenvalue weighted by Gasteiger charge is 2.25. The molecule has 1 atom stereocenters. The first-order chi connectivity index (χ1) is 13.4. The Morgan fingerprint density at radius 3 is 2.57 bits per heavy atom. The molecule has 1 saturated heterocycles. The van der Waals surface area contributed by atoms with E-state index < -0.39 is 0 Å². The number of piperazine rings is 1. The molecule has 1 aliphatic heterocycles. The molecule has 0 radical (unpaired) electrons. The molecule has 1 fully saturated rings. The van der Waals surface area contributed by atoms with Crippen molar-refractivity contribution >= 4 is 17.3 Å². The molecule has 2 aromatic carbocycles. The summed E-state index contributed by atoms with van der Waals surface area (Å²) in [6, 6.07) is 12.2. The minimum absolute atomic E-state index is 0.0961. The van der Waals surface area contributed by atoms with Crippen LogP contribution in [0.1, 0.15) is 12.5 Å². The van der Waals surface area contributed by atoms with E-state index in [4.69, 9.17) is 0 Å². The number of halogens is 1. The van der Waals surface area contributed by atoms with Gasteiger partial charge >= 0.3 is 0 Å². The molecule has 1 aliphatic rings. The number of nitrogens with one attached hydrogen (secondary N) is 1. The predicted molar refractivity (Wildman–Crippen MR) is 104 cm³/mol. The van der Waals surface area contributed by atoms with E-state index in [1.54, 1.807) is 24.3 Å². The van der Waals surface area contributed by atoms with Crippen molar-refractivity contribution < 1.29 is 14.1 Å². The summed E-state index contributed by atoms with van der Waals surface area (Å²) in [5, 5.41) is 13.7. The van der Waals surface area contributed by atoms with Gasteiger partial charge in [0.15, 0.2) is 0 Å². The number of carbonyl (C=O) groups excluding carboxylic acids is 1. The maximum atomic E-state index is 13.3. The highest BCUT2D eigenvalue weighted by atomic mass is 19.1. The molecular weight excluding hydrogens is 363 g/mol. The van der Waals surface area contributed by atoms with Gasteiger partial charge in [0.1, 0.15) is 5.82 Å². The molecule has 148 valence electrons. The topological polar surface area (TPSA) is 78.7 Å². The molecule has 3 rings (SSSR count). The highest BCUT2D eigenvalue weighted by Crippen LogP contribution is 2.17. The number of anilines is 1. The lowest BCUT2D eigenvalue weighted by molar-refractivity contribution is -0.384. The Balaban J connectivity index is 1.51. The molecule has 1 amide bonds. The molecule has 1 N–H and O–H groups in total. The van der Waals surface area contributed by atoms with Crippen LogP contribution in [0.3, 0.4) is 0 Å². The van der Waals surface area contributed by atoms with Crippen LogP contribution in [0.4, 0.5) is 15.8 Å². The van der Waals surface area contributed by atoms with Crippen LogP contribution in [0.2, 0.25) is 0 Å². The molecule has 1 unspecified atom stereocenters. The number of carbonyl (C=O) groups is 1. The second-order valence-corrected chi connectivity index (χ2v) is 6.91. The normalized spacial score (nSPS) is 16.5. The average molecular weight is 386 g/mol. The van der Waals surface area contributed by atoms with Gasteiger partial charge in [-0.1, -0.05) is 18.2 Å². The van der Waals surface area contributed by atoms with Crippen molar-refractivity contribution in [3.05, 3.63) is 70.0 Å². The zero-order valence-corrected chi connectivity index (χ0v) is 15.7. The van der Waals surface area contributed by atoms with Crippen LogP contribution in [-0.4, -0.2) is 52.9 Å². The Kier molecular flexibility index (Phi) is 6.33. The summed E-state index contributed by atoms with van der Waals surface area (Å²) >= 11 is 0. The lowest BCUT2D eigenvalue weighted by atomic mass is 10.1. The van der Waals surface area contributed by atoms with Gasteiger partial charge in [0.05, 0.1) is 11.0 Å². The van der Waals surface area contributed by atoms with Crippen LogP contribution in [0.5, 0.6) is 0 Å². The molecule has 1 heterocycles. The fraction of sp³-hybridized carbons (Fsp3) is 0.350. The third kappa shape index (κ3) is 5.11. The Hall–Kier alpha value is -2.84. The Labute approximate surface area is 162 Å². The SMILES string of the molecule is CC(C(=O)Nc1cccc(F)c1)N1CCN(Cc2cccc([N+](=O)[O-])c2)CC1. The van der Waals surface area contributed by atoms with Crippen molar-refractivity contribution in [1.29, 1.82) is 0 Å². The molecule has 7 nitrogen and oxygen atoms in total. The van der Waals surface area contributed by atoms with Crippen molar-refractivity contribution in [1.82, 2.24) is 9.80 Å². The van der Waals surface area contributed by atoms with Crippen LogP contribution < -0.4 is 5.32 Å². The smallest absolute Gasteiger partial charge is 0.269 e. The van der Waals surface area contributed by atoms with Gasteiger partial charge in [0.2, 0.25) is 5.91 Å². The van der Waals surface area contributed by atoms with Crippen molar-refractivity contribution in [3.63, 3.8) is 0 Å². The first-order valence-corrected chi connectivity index (χ1v) is 9.18. The maximum Gasteiger partial charge on any atom is 0.269 e. The Morgan fingerprint density at radius 1 is 1.18 bits per heavy atom. The first-order valence-electron chi connectivity index (χ1n) is 9.18. The molecule has 0 bridgehead atoms. The largest absolute Gasteiger partial charge is 0.325 e. The number of hydrogen-bond donors (Lipinski definition) is 1. The van der Waals surface area contributed by atoms with Gasteiger partial charge in [-0.2, -0.15) is 0 Å². The molecule has 2 aromatic rings. The van der Waals surface area contributed by atoms with Crippen molar-refractivity contribution in [2.75, 3.05) is 31.5 Å². The van der Waals surface area contributed by atoms with Crippen LogP contribution in [-0.2, 0) is 11.3 Å². The fourth-order valence-electron chi connectivity index (χ4n) is 3.31. The summed E-state index contributed by atoms with van der Waals surface area (Å²) in [6.45, 7) is 5.43. The minimum atomic E-state index is -0.389. The molecule has 8 heteroatoms. The van der Waals surface area contributed by atoms with Crippen LogP contribution in [0.15, 0.2) is 48.5 Å². The van der Waals surface area contributed by atoms with E-state index >= 15 is 0 Å². The number of non-ortho nitro benzene ring substituents is 1. The van der Waals surface area contributed by atoms with E-state index in [1.807, 2.05) is 13.0 Å². The number of nitrogens with zero attached hydrogens (tertiary/aromatic N) is 3. The van der Waals surface area contributed by atoms with Crippen LogP contribution >= 0.6 is 0 Å². The highest BCUT2D eigenvalue weighted by molar-refractivity contribution is 5.94. The average Bonchev–Trinajstić information content (AvgIpc) is 2.68.